The zero-order valence-corrected chi connectivity index (χ0v) is 9.95. The Balaban J connectivity index is 1.72. The normalized spacial score (nSPS) is 39.7. The van der Waals surface area contributed by atoms with Crippen LogP contribution in [0.25, 0.3) is 0 Å². The summed E-state index contributed by atoms with van der Waals surface area (Å²) in [5.41, 5.74) is 0.158. The monoisotopic (exact) mass is 245 g/mol. The van der Waals surface area contributed by atoms with Crippen molar-refractivity contribution in [1.29, 1.82) is 0 Å². The number of fused-ring (bicyclic) bond motifs is 5. The number of aromatic nitrogens is 1. The highest BCUT2D eigenvalue weighted by Gasteiger charge is 2.65. The van der Waals surface area contributed by atoms with Gasteiger partial charge in [-0.3, -0.25) is 4.79 Å². The lowest BCUT2D eigenvalue weighted by Gasteiger charge is -2.11. The predicted molar refractivity (Wildman–Crippen MR) is 64.5 cm³/mol. The van der Waals surface area contributed by atoms with Crippen LogP contribution in [0.2, 0.25) is 0 Å². The fraction of sp³-hybridized carbons (Fsp3) is 0.571. The summed E-state index contributed by atoms with van der Waals surface area (Å²) in [7, 11) is 0. The maximum Gasteiger partial charge on any atom is 0.337 e. The third kappa shape index (κ3) is 1.21. The van der Waals surface area contributed by atoms with Crippen molar-refractivity contribution in [1.82, 2.24) is 4.57 Å². The zero-order chi connectivity index (χ0) is 12.4. The van der Waals surface area contributed by atoms with Crippen molar-refractivity contribution in [3.63, 3.8) is 0 Å². The van der Waals surface area contributed by atoms with Crippen LogP contribution in [0.3, 0.4) is 0 Å². The molecule has 1 aromatic heterocycles. The minimum Gasteiger partial charge on any atom is -0.478 e. The van der Waals surface area contributed by atoms with Gasteiger partial charge in [0.1, 0.15) is 0 Å². The van der Waals surface area contributed by atoms with E-state index in [2.05, 4.69) is 0 Å². The molecule has 0 saturated heterocycles. The molecule has 1 aromatic rings. The topological polar surface area (TPSA) is 59.3 Å². The van der Waals surface area contributed by atoms with E-state index in [-0.39, 0.29) is 17.2 Å². The van der Waals surface area contributed by atoms with Crippen LogP contribution in [0.15, 0.2) is 23.1 Å². The molecule has 0 aromatic carbocycles. The molecule has 3 fully saturated rings. The molecule has 0 spiro atoms. The second-order valence-electron chi connectivity index (χ2n) is 5.95. The molecule has 4 atom stereocenters. The largest absolute Gasteiger partial charge is 0.478 e. The van der Waals surface area contributed by atoms with Crippen LogP contribution in [0.5, 0.6) is 0 Å². The molecule has 4 heteroatoms. The maximum atomic E-state index is 11.9. The van der Waals surface area contributed by atoms with Crippen LogP contribution >= 0.6 is 0 Å². The van der Waals surface area contributed by atoms with E-state index in [4.69, 9.17) is 5.11 Å². The van der Waals surface area contributed by atoms with Gasteiger partial charge in [0.2, 0.25) is 0 Å². The molecular formula is C14H15NO3. The fourth-order valence-corrected chi connectivity index (χ4v) is 4.51. The maximum absolute atomic E-state index is 11.9. The third-order valence-corrected chi connectivity index (χ3v) is 5.20. The Hall–Kier alpha value is -1.58. The molecule has 18 heavy (non-hydrogen) atoms. The predicted octanol–water partition coefficient (Wildman–Crippen LogP) is 1.76. The average Bonchev–Trinajstić information content (AvgIpc) is 2.77. The first-order valence-corrected chi connectivity index (χ1v) is 6.62. The molecule has 2 bridgehead atoms. The van der Waals surface area contributed by atoms with Crippen LogP contribution in [-0.2, 0) is 0 Å². The number of nitrogens with zero attached hydrogens (tertiary/aromatic N) is 1. The molecule has 1 N–H and O–H groups in total. The Morgan fingerprint density at radius 1 is 1.22 bits per heavy atom. The minimum atomic E-state index is -0.961. The molecule has 3 aliphatic carbocycles. The Labute approximate surface area is 104 Å². The molecule has 4 rings (SSSR count). The van der Waals surface area contributed by atoms with Gasteiger partial charge in [-0.05, 0) is 49.0 Å². The van der Waals surface area contributed by atoms with Crippen molar-refractivity contribution in [2.24, 2.45) is 23.7 Å². The van der Waals surface area contributed by atoms with E-state index < -0.39 is 5.97 Å². The number of carboxylic acids is 1. The van der Waals surface area contributed by atoms with Crippen molar-refractivity contribution < 1.29 is 9.90 Å². The Kier molecular flexibility index (Phi) is 1.87. The highest BCUT2D eigenvalue weighted by Crippen LogP contribution is 2.71. The SMILES string of the molecule is O=C(O)c1ccc(=O)n(C2C3C4CCC(C4)C32)c1. The highest BCUT2D eigenvalue weighted by atomic mass is 16.4. The van der Waals surface area contributed by atoms with E-state index >= 15 is 0 Å². The van der Waals surface area contributed by atoms with E-state index in [0.29, 0.717) is 11.8 Å². The molecule has 4 nitrogen and oxygen atoms in total. The lowest BCUT2D eigenvalue weighted by molar-refractivity contribution is 0.0695. The number of aromatic carboxylic acids is 1. The summed E-state index contributed by atoms with van der Waals surface area (Å²) in [5, 5.41) is 9.01. The molecule has 3 saturated carbocycles. The van der Waals surface area contributed by atoms with Crippen molar-refractivity contribution in [2.75, 3.05) is 0 Å². The van der Waals surface area contributed by atoms with Crippen LogP contribution in [0.1, 0.15) is 35.7 Å². The van der Waals surface area contributed by atoms with Gasteiger partial charge in [0.05, 0.1) is 5.56 Å². The second-order valence-corrected chi connectivity index (χ2v) is 5.95. The fourth-order valence-electron chi connectivity index (χ4n) is 4.51. The van der Waals surface area contributed by atoms with Crippen molar-refractivity contribution in [3.8, 4) is 0 Å². The summed E-state index contributed by atoms with van der Waals surface area (Å²) in [4.78, 5) is 22.9. The molecule has 0 radical (unpaired) electrons. The zero-order valence-electron chi connectivity index (χ0n) is 9.95. The van der Waals surface area contributed by atoms with E-state index in [9.17, 15) is 9.59 Å². The molecule has 3 aliphatic rings. The standard InChI is InChI=1S/C14H15NO3/c16-10-4-3-9(14(17)18)6-15(10)13-11-7-1-2-8(5-7)12(11)13/h3-4,6-8,11-13H,1-2,5H2,(H,17,18). The molecule has 0 aliphatic heterocycles. The lowest BCUT2D eigenvalue weighted by Crippen LogP contribution is -2.22. The van der Waals surface area contributed by atoms with Gasteiger partial charge < -0.3 is 9.67 Å². The van der Waals surface area contributed by atoms with E-state index in [0.717, 1.165) is 11.8 Å². The smallest absolute Gasteiger partial charge is 0.337 e. The summed E-state index contributed by atoms with van der Waals surface area (Å²) in [5.74, 6) is 1.89. The second kappa shape index (κ2) is 3.25. The first-order valence-electron chi connectivity index (χ1n) is 6.62. The summed E-state index contributed by atoms with van der Waals surface area (Å²) >= 11 is 0. The van der Waals surface area contributed by atoms with Gasteiger partial charge in [0.15, 0.2) is 0 Å². The van der Waals surface area contributed by atoms with Crippen LogP contribution in [-0.4, -0.2) is 15.6 Å². The van der Waals surface area contributed by atoms with Crippen LogP contribution < -0.4 is 5.56 Å². The third-order valence-electron chi connectivity index (χ3n) is 5.20. The molecule has 94 valence electrons. The van der Waals surface area contributed by atoms with Gasteiger partial charge >= 0.3 is 5.97 Å². The quantitative estimate of drug-likeness (QED) is 0.863. The van der Waals surface area contributed by atoms with Gasteiger partial charge in [-0.15, -0.1) is 0 Å². The lowest BCUT2D eigenvalue weighted by atomic mass is 10.0. The summed E-state index contributed by atoms with van der Waals surface area (Å²) in [6.07, 6.45) is 5.47. The number of hydrogen-bond acceptors (Lipinski definition) is 2. The first-order chi connectivity index (χ1) is 8.66. The molecule has 1 heterocycles. The first kappa shape index (κ1) is 10.4. The van der Waals surface area contributed by atoms with Crippen LogP contribution in [0.4, 0.5) is 0 Å². The van der Waals surface area contributed by atoms with E-state index in [1.807, 2.05) is 0 Å². The average molecular weight is 245 g/mol. The summed E-state index contributed by atoms with van der Waals surface area (Å²) in [6.45, 7) is 0. The van der Waals surface area contributed by atoms with Gasteiger partial charge in [-0.1, -0.05) is 0 Å². The Bertz CT molecular complexity index is 575. The number of rotatable bonds is 2. The van der Waals surface area contributed by atoms with E-state index in [1.165, 1.54) is 37.6 Å². The Morgan fingerprint density at radius 2 is 1.89 bits per heavy atom. The molecule has 0 amide bonds. The highest BCUT2D eigenvalue weighted by molar-refractivity contribution is 5.87. The number of hydrogen-bond donors (Lipinski definition) is 1. The van der Waals surface area contributed by atoms with Gasteiger partial charge in [0, 0.05) is 18.3 Å². The minimum absolute atomic E-state index is 0.0567. The van der Waals surface area contributed by atoms with Crippen molar-refractivity contribution >= 4 is 5.97 Å². The van der Waals surface area contributed by atoms with Crippen molar-refractivity contribution in [3.05, 3.63) is 34.2 Å². The van der Waals surface area contributed by atoms with Gasteiger partial charge in [-0.25, -0.2) is 4.79 Å². The van der Waals surface area contributed by atoms with Crippen molar-refractivity contribution in [2.45, 2.75) is 25.3 Å². The molecule has 4 unspecified atom stereocenters. The van der Waals surface area contributed by atoms with Gasteiger partial charge in [0.25, 0.3) is 5.56 Å². The van der Waals surface area contributed by atoms with E-state index in [1.54, 1.807) is 4.57 Å². The Morgan fingerprint density at radius 3 is 2.50 bits per heavy atom. The summed E-state index contributed by atoms with van der Waals surface area (Å²) < 4.78 is 1.68. The summed E-state index contributed by atoms with van der Waals surface area (Å²) in [6, 6.07) is 3.07. The van der Waals surface area contributed by atoms with Crippen LogP contribution in [0, 0.1) is 23.7 Å². The van der Waals surface area contributed by atoms with Gasteiger partial charge in [-0.2, -0.15) is 0 Å². The number of carbonyl (C=O) groups is 1. The molecular weight excluding hydrogens is 230 g/mol. The number of carboxylic acid groups (broad SMARTS) is 1. The number of pyridine rings is 1.